The molecule has 1 aliphatic heterocycles. The SMILES string of the molecule is O=C(c1cn(Cc2ccc(F)cc2Cl)nn1)N1CCCCC1CCc1cccc(O)c1. The van der Waals surface area contributed by atoms with Crippen molar-refractivity contribution in [1.29, 1.82) is 0 Å². The van der Waals surface area contributed by atoms with Crippen LogP contribution in [0, 0.1) is 5.82 Å². The van der Waals surface area contributed by atoms with E-state index in [0.717, 1.165) is 37.7 Å². The van der Waals surface area contributed by atoms with Gasteiger partial charge in [0.1, 0.15) is 11.6 Å². The lowest BCUT2D eigenvalue weighted by Gasteiger charge is -2.35. The molecule has 1 fully saturated rings. The second-order valence-corrected chi connectivity index (χ2v) is 8.30. The number of amides is 1. The van der Waals surface area contributed by atoms with Crippen LogP contribution in [0.4, 0.5) is 4.39 Å². The zero-order chi connectivity index (χ0) is 21.8. The Morgan fingerprint density at radius 1 is 1.23 bits per heavy atom. The number of aryl methyl sites for hydroxylation is 1. The zero-order valence-corrected chi connectivity index (χ0v) is 17.8. The van der Waals surface area contributed by atoms with E-state index >= 15 is 0 Å². The van der Waals surface area contributed by atoms with E-state index < -0.39 is 5.82 Å². The smallest absolute Gasteiger partial charge is 0.276 e. The number of hydrogen-bond donors (Lipinski definition) is 1. The van der Waals surface area contributed by atoms with Gasteiger partial charge >= 0.3 is 0 Å². The highest BCUT2D eigenvalue weighted by Gasteiger charge is 2.29. The standard InChI is InChI=1S/C23H24ClFN4O2/c24-21-13-18(25)9-8-17(21)14-28-15-22(26-27-28)23(31)29-11-2-1-5-19(29)10-7-16-4-3-6-20(30)12-16/h3-4,6,8-9,12-13,15,19,30H,1-2,5,7,10-11,14H2. The average Bonchev–Trinajstić information content (AvgIpc) is 3.23. The van der Waals surface area contributed by atoms with Crippen molar-refractivity contribution in [3.05, 3.63) is 76.3 Å². The van der Waals surface area contributed by atoms with Gasteiger partial charge in [-0.25, -0.2) is 9.07 Å². The Hall–Kier alpha value is -2.93. The molecule has 0 spiro atoms. The molecule has 31 heavy (non-hydrogen) atoms. The van der Waals surface area contributed by atoms with Crippen LogP contribution >= 0.6 is 11.6 Å². The summed E-state index contributed by atoms with van der Waals surface area (Å²) in [5.74, 6) is -0.269. The number of carbonyl (C=O) groups excluding carboxylic acids is 1. The molecule has 0 aliphatic carbocycles. The Balaban J connectivity index is 1.43. The van der Waals surface area contributed by atoms with Gasteiger partial charge in [0, 0.05) is 17.6 Å². The number of hydrogen-bond acceptors (Lipinski definition) is 4. The van der Waals surface area contributed by atoms with Crippen molar-refractivity contribution in [3.8, 4) is 5.75 Å². The topological polar surface area (TPSA) is 71.2 Å². The first-order valence-corrected chi connectivity index (χ1v) is 10.8. The molecule has 1 aliphatic rings. The third-order valence-corrected chi connectivity index (χ3v) is 6.02. The quantitative estimate of drug-likeness (QED) is 0.612. The maximum absolute atomic E-state index is 13.2. The van der Waals surface area contributed by atoms with Crippen LogP contribution in [0.5, 0.6) is 5.75 Å². The largest absolute Gasteiger partial charge is 0.508 e. The summed E-state index contributed by atoms with van der Waals surface area (Å²) in [5.41, 5.74) is 2.05. The van der Waals surface area contributed by atoms with Gasteiger partial charge in [-0.15, -0.1) is 5.10 Å². The fourth-order valence-corrected chi connectivity index (χ4v) is 4.29. The second-order valence-electron chi connectivity index (χ2n) is 7.89. The number of aromatic nitrogens is 3. The van der Waals surface area contributed by atoms with Crippen molar-refractivity contribution in [3.63, 3.8) is 0 Å². The van der Waals surface area contributed by atoms with Crippen molar-refractivity contribution in [2.24, 2.45) is 0 Å². The normalized spacial score (nSPS) is 16.5. The van der Waals surface area contributed by atoms with Crippen LogP contribution in [-0.4, -0.2) is 43.5 Å². The molecule has 162 valence electrons. The number of halogens is 2. The first-order chi connectivity index (χ1) is 15.0. The van der Waals surface area contributed by atoms with Crippen molar-refractivity contribution >= 4 is 17.5 Å². The predicted octanol–water partition coefficient (Wildman–Crippen LogP) is 4.45. The third kappa shape index (κ3) is 5.22. The van der Waals surface area contributed by atoms with Crippen molar-refractivity contribution in [2.45, 2.75) is 44.7 Å². The van der Waals surface area contributed by atoms with Crippen LogP contribution in [0.15, 0.2) is 48.7 Å². The second kappa shape index (κ2) is 9.47. The molecular formula is C23H24ClFN4O2. The lowest BCUT2D eigenvalue weighted by Crippen LogP contribution is -2.44. The number of phenols is 1. The van der Waals surface area contributed by atoms with Gasteiger partial charge in [0.25, 0.3) is 5.91 Å². The Labute approximate surface area is 185 Å². The maximum atomic E-state index is 13.2. The number of rotatable bonds is 6. The summed E-state index contributed by atoms with van der Waals surface area (Å²) in [4.78, 5) is 15.0. The first kappa shape index (κ1) is 21.3. The van der Waals surface area contributed by atoms with Gasteiger partial charge in [0.2, 0.25) is 0 Å². The van der Waals surface area contributed by atoms with E-state index in [2.05, 4.69) is 10.3 Å². The molecule has 1 saturated heterocycles. The first-order valence-electron chi connectivity index (χ1n) is 10.4. The summed E-state index contributed by atoms with van der Waals surface area (Å²) in [6.45, 7) is 1.00. The molecule has 1 atom stereocenters. The summed E-state index contributed by atoms with van der Waals surface area (Å²) in [7, 11) is 0. The van der Waals surface area contributed by atoms with Crippen molar-refractivity contribution in [1.82, 2.24) is 19.9 Å². The van der Waals surface area contributed by atoms with E-state index in [0.29, 0.717) is 29.4 Å². The molecule has 0 saturated carbocycles. The third-order valence-electron chi connectivity index (χ3n) is 5.67. The summed E-state index contributed by atoms with van der Waals surface area (Å²) >= 11 is 6.09. The number of benzene rings is 2. The number of aromatic hydroxyl groups is 1. The summed E-state index contributed by atoms with van der Waals surface area (Å²) in [5, 5.41) is 18.1. The highest BCUT2D eigenvalue weighted by atomic mass is 35.5. The zero-order valence-electron chi connectivity index (χ0n) is 17.0. The van der Waals surface area contributed by atoms with Gasteiger partial charge in [-0.1, -0.05) is 35.0 Å². The van der Waals surface area contributed by atoms with Crippen LogP contribution in [0.25, 0.3) is 0 Å². The molecule has 0 bridgehead atoms. The van der Waals surface area contributed by atoms with E-state index in [9.17, 15) is 14.3 Å². The van der Waals surface area contributed by atoms with Crippen LogP contribution in [0.2, 0.25) is 5.02 Å². The van der Waals surface area contributed by atoms with Gasteiger partial charge in [-0.05, 0) is 67.5 Å². The molecular weight excluding hydrogens is 419 g/mol. The molecule has 3 aromatic rings. The van der Waals surface area contributed by atoms with Crippen molar-refractivity contribution in [2.75, 3.05) is 6.54 Å². The van der Waals surface area contributed by atoms with E-state index in [1.165, 1.54) is 16.8 Å². The predicted molar refractivity (Wildman–Crippen MR) is 116 cm³/mol. The van der Waals surface area contributed by atoms with Gasteiger partial charge in [-0.3, -0.25) is 4.79 Å². The molecule has 2 heterocycles. The van der Waals surface area contributed by atoms with Crippen molar-refractivity contribution < 1.29 is 14.3 Å². The lowest BCUT2D eigenvalue weighted by molar-refractivity contribution is 0.0595. The molecule has 1 N–H and O–H groups in total. The fourth-order valence-electron chi connectivity index (χ4n) is 4.06. The van der Waals surface area contributed by atoms with Gasteiger partial charge < -0.3 is 10.0 Å². The monoisotopic (exact) mass is 442 g/mol. The number of nitrogens with zero attached hydrogens (tertiary/aromatic N) is 4. The highest BCUT2D eigenvalue weighted by molar-refractivity contribution is 6.31. The van der Waals surface area contributed by atoms with Crippen LogP contribution < -0.4 is 0 Å². The van der Waals surface area contributed by atoms with Gasteiger partial charge in [0.15, 0.2) is 5.69 Å². The molecule has 6 nitrogen and oxygen atoms in total. The Kier molecular flexibility index (Phi) is 6.51. The minimum atomic E-state index is -0.398. The van der Waals surface area contributed by atoms with Gasteiger partial charge in [0.05, 0.1) is 12.7 Å². The number of piperidine rings is 1. The van der Waals surface area contributed by atoms with Gasteiger partial charge in [-0.2, -0.15) is 0 Å². The van der Waals surface area contributed by atoms with Crippen LogP contribution in [0.3, 0.4) is 0 Å². The summed E-state index contributed by atoms with van der Waals surface area (Å²) in [6.07, 6.45) is 6.23. The minimum Gasteiger partial charge on any atom is -0.508 e. The molecule has 2 aromatic carbocycles. The van der Waals surface area contributed by atoms with E-state index in [1.54, 1.807) is 24.4 Å². The Bertz CT molecular complexity index is 1070. The molecule has 4 rings (SSSR count). The number of phenolic OH excluding ortho intramolecular Hbond substituents is 1. The number of likely N-dealkylation sites (tertiary alicyclic amines) is 1. The molecule has 1 aromatic heterocycles. The molecule has 0 radical (unpaired) electrons. The van der Waals surface area contributed by atoms with Crippen LogP contribution in [0.1, 0.15) is 47.3 Å². The van der Waals surface area contributed by atoms with E-state index in [-0.39, 0.29) is 17.7 Å². The Morgan fingerprint density at radius 2 is 2.10 bits per heavy atom. The minimum absolute atomic E-state index is 0.125. The fraction of sp³-hybridized carbons (Fsp3) is 0.348. The summed E-state index contributed by atoms with van der Waals surface area (Å²) in [6, 6.07) is 11.6. The average molecular weight is 443 g/mol. The highest BCUT2D eigenvalue weighted by Crippen LogP contribution is 2.24. The molecule has 1 unspecified atom stereocenters. The Morgan fingerprint density at radius 3 is 2.90 bits per heavy atom. The molecule has 1 amide bonds. The number of carbonyl (C=O) groups is 1. The van der Waals surface area contributed by atoms with Crippen LogP contribution in [-0.2, 0) is 13.0 Å². The van der Waals surface area contributed by atoms with E-state index in [1.807, 2.05) is 17.0 Å². The maximum Gasteiger partial charge on any atom is 0.276 e. The lowest BCUT2D eigenvalue weighted by atomic mass is 9.95. The summed E-state index contributed by atoms with van der Waals surface area (Å²) < 4.78 is 14.8. The molecule has 8 heteroatoms. The van der Waals surface area contributed by atoms with E-state index in [4.69, 9.17) is 11.6 Å².